The monoisotopic (exact) mass is 239 g/mol. The number of aromatic nitrogens is 2. The van der Waals surface area contributed by atoms with Gasteiger partial charge in [-0.05, 0) is 20.8 Å². The first-order valence-electron chi connectivity index (χ1n) is 4.98. The maximum atomic E-state index is 11.8. The molecular formula is C11H14ClN3O. The Morgan fingerprint density at radius 3 is 2.88 bits per heavy atom. The molecule has 1 rings (SSSR count). The van der Waals surface area contributed by atoms with Gasteiger partial charge in [0.25, 0.3) is 5.56 Å². The summed E-state index contributed by atoms with van der Waals surface area (Å²) < 4.78 is 1.35. The van der Waals surface area contributed by atoms with Gasteiger partial charge in [0.2, 0.25) is 0 Å². The fourth-order valence-electron chi connectivity index (χ4n) is 1.16. The van der Waals surface area contributed by atoms with E-state index < -0.39 is 0 Å². The summed E-state index contributed by atoms with van der Waals surface area (Å²) in [7, 11) is 0. The molecule has 0 fully saturated rings. The lowest BCUT2D eigenvalue weighted by atomic mass is 10.4. The van der Waals surface area contributed by atoms with Gasteiger partial charge in [0, 0.05) is 0 Å². The van der Waals surface area contributed by atoms with Gasteiger partial charge in [-0.15, -0.1) is 5.92 Å². The highest BCUT2D eigenvalue weighted by Crippen LogP contribution is 2.15. The van der Waals surface area contributed by atoms with Crippen LogP contribution in [0.15, 0.2) is 11.0 Å². The lowest BCUT2D eigenvalue weighted by molar-refractivity contribution is 0.503. The topological polar surface area (TPSA) is 46.9 Å². The molecule has 16 heavy (non-hydrogen) atoms. The molecule has 0 amide bonds. The average Bonchev–Trinajstić information content (AvgIpc) is 2.24. The molecule has 1 aromatic heterocycles. The summed E-state index contributed by atoms with van der Waals surface area (Å²) in [6.07, 6.45) is 1.54. The standard InChI is InChI=1S/C11H14ClN3O/c1-4-5-6-13-9-7-14-15(8(2)3)11(16)10(9)12/h7-8,13H,6H2,1-3H3. The minimum atomic E-state index is -0.286. The number of anilines is 1. The number of hydrogen-bond donors (Lipinski definition) is 1. The van der Waals surface area contributed by atoms with Gasteiger partial charge in [-0.25, -0.2) is 4.68 Å². The van der Waals surface area contributed by atoms with E-state index in [1.807, 2.05) is 13.8 Å². The number of nitrogens with one attached hydrogen (secondary N) is 1. The van der Waals surface area contributed by atoms with Gasteiger partial charge in [0.15, 0.2) is 0 Å². The smallest absolute Gasteiger partial charge is 0.287 e. The molecule has 0 atom stereocenters. The molecule has 0 radical (unpaired) electrons. The van der Waals surface area contributed by atoms with Gasteiger partial charge in [0.1, 0.15) is 5.02 Å². The maximum Gasteiger partial charge on any atom is 0.287 e. The van der Waals surface area contributed by atoms with Crippen molar-refractivity contribution in [3.63, 3.8) is 0 Å². The van der Waals surface area contributed by atoms with Gasteiger partial charge in [0.05, 0.1) is 24.5 Å². The molecule has 0 bridgehead atoms. The predicted molar refractivity (Wildman–Crippen MR) is 65.8 cm³/mol. The normalized spacial score (nSPS) is 9.81. The molecule has 0 saturated heterocycles. The van der Waals surface area contributed by atoms with Crippen molar-refractivity contribution in [2.24, 2.45) is 0 Å². The van der Waals surface area contributed by atoms with Crippen LogP contribution in [0.2, 0.25) is 5.02 Å². The van der Waals surface area contributed by atoms with Gasteiger partial charge >= 0.3 is 0 Å². The van der Waals surface area contributed by atoms with E-state index in [9.17, 15) is 4.79 Å². The summed E-state index contributed by atoms with van der Waals surface area (Å²) in [4.78, 5) is 11.8. The van der Waals surface area contributed by atoms with Crippen LogP contribution in [0.1, 0.15) is 26.8 Å². The van der Waals surface area contributed by atoms with E-state index in [0.29, 0.717) is 12.2 Å². The van der Waals surface area contributed by atoms with Crippen LogP contribution in [0, 0.1) is 11.8 Å². The Morgan fingerprint density at radius 2 is 2.31 bits per heavy atom. The Morgan fingerprint density at radius 1 is 1.62 bits per heavy atom. The summed E-state index contributed by atoms with van der Waals surface area (Å²) in [6, 6.07) is -0.00511. The Hall–Kier alpha value is -1.47. The third kappa shape index (κ3) is 2.77. The molecule has 0 aliphatic heterocycles. The number of rotatable bonds is 3. The van der Waals surface area contributed by atoms with Crippen molar-refractivity contribution in [2.45, 2.75) is 26.8 Å². The summed E-state index contributed by atoms with van der Waals surface area (Å²) in [5.74, 6) is 5.57. The van der Waals surface area contributed by atoms with Crippen LogP contribution in [0.25, 0.3) is 0 Å². The third-order valence-corrected chi connectivity index (χ3v) is 2.34. The van der Waals surface area contributed by atoms with Crippen molar-refractivity contribution >= 4 is 17.3 Å². The van der Waals surface area contributed by atoms with E-state index >= 15 is 0 Å². The Kier molecular flexibility index (Phi) is 4.39. The molecular weight excluding hydrogens is 226 g/mol. The van der Waals surface area contributed by atoms with Crippen molar-refractivity contribution < 1.29 is 0 Å². The Bertz CT molecular complexity index is 482. The Balaban J connectivity index is 3.01. The van der Waals surface area contributed by atoms with Gasteiger partial charge in [-0.1, -0.05) is 17.5 Å². The zero-order chi connectivity index (χ0) is 12.1. The van der Waals surface area contributed by atoms with Crippen molar-refractivity contribution in [3.8, 4) is 11.8 Å². The van der Waals surface area contributed by atoms with Crippen LogP contribution in [0.3, 0.4) is 0 Å². The van der Waals surface area contributed by atoms with E-state index in [1.54, 1.807) is 13.1 Å². The largest absolute Gasteiger partial charge is 0.371 e. The molecule has 1 heterocycles. The summed E-state index contributed by atoms with van der Waals surface area (Å²) in [5.41, 5.74) is 0.234. The van der Waals surface area contributed by atoms with Crippen molar-refractivity contribution in [3.05, 3.63) is 21.6 Å². The molecule has 0 unspecified atom stereocenters. The highest BCUT2D eigenvalue weighted by atomic mass is 35.5. The molecule has 1 N–H and O–H groups in total. The van der Waals surface area contributed by atoms with E-state index in [2.05, 4.69) is 22.3 Å². The van der Waals surface area contributed by atoms with Crippen molar-refractivity contribution in [2.75, 3.05) is 11.9 Å². The lowest BCUT2D eigenvalue weighted by Gasteiger charge is -2.10. The molecule has 5 heteroatoms. The van der Waals surface area contributed by atoms with Crippen LogP contribution >= 0.6 is 11.6 Å². The number of halogens is 1. The first-order valence-corrected chi connectivity index (χ1v) is 5.36. The fraction of sp³-hybridized carbons (Fsp3) is 0.455. The molecule has 4 nitrogen and oxygen atoms in total. The van der Waals surface area contributed by atoms with E-state index in [-0.39, 0.29) is 16.6 Å². The fourth-order valence-corrected chi connectivity index (χ4v) is 1.37. The molecule has 0 saturated carbocycles. The molecule has 0 aliphatic rings. The summed E-state index contributed by atoms with van der Waals surface area (Å²) >= 11 is 5.94. The van der Waals surface area contributed by atoms with Crippen LogP contribution < -0.4 is 10.9 Å². The second-order valence-corrected chi connectivity index (χ2v) is 3.87. The minimum absolute atomic E-state index is 0.00511. The quantitative estimate of drug-likeness (QED) is 0.820. The zero-order valence-electron chi connectivity index (χ0n) is 9.54. The van der Waals surface area contributed by atoms with Crippen LogP contribution in [-0.4, -0.2) is 16.3 Å². The number of hydrogen-bond acceptors (Lipinski definition) is 3. The van der Waals surface area contributed by atoms with Crippen LogP contribution in [0.4, 0.5) is 5.69 Å². The summed E-state index contributed by atoms with van der Waals surface area (Å²) in [5, 5.41) is 7.12. The second-order valence-electron chi connectivity index (χ2n) is 3.50. The van der Waals surface area contributed by atoms with Crippen molar-refractivity contribution in [1.29, 1.82) is 0 Å². The second kappa shape index (κ2) is 5.57. The van der Waals surface area contributed by atoms with E-state index in [1.165, 1.54) is 4.68 Å². The minimum Gasteiger partial charge on any atom is -0.371 e. The third-order valence-electron chi connectivity index (χ3n) is 1.98. The van der Waals surface area contributed by atoms with Gasteiger partial charge in [-0.2, -0.15) is 5.10 Å². The Labute approximate surface area is 99.6 Å². The van der Waals surface area contributed by atoms with Crippen molar-refractivity contribution in [1.82, 2.24) is 9.78 Å². The zero-order valence-corrected chi connectivity index (χ0v) is 10.3. The average molecular weight is 240 g/mol. The van der Waals surface area contributed by atoms with Crippen LogP contribution in [-0.2, 0) is 0 Å². The van der Waals surface area contributed by atoms with Crippen LogP contribution in [0.5, 0.6) is 0 Å². The lowest BCUT2D eigenvalue weighted by Crippen LogP contribution is -2.25. The SMILES string of the molecule is CC#CCNc1cnn(C(C)C)c(=O)c1Cl. The summed E-state index contributed by atoms with van der Waals surface area (Å²) in [6.45, 7) is 5.95. The predicted octanol–water partition coefficient (Wildman–Crippen LogP) is 1.91. The highest BCUT2D eigenvalue weighted by Gasteiger charge is 2.10. The first-order chi connectivity index (χ1) is 7.57. The molecule has 0 spiro atoms. The molecule has 0 aromatic carbocycles. The van der Waals surface area contributed by atoms with Gasteiger partial charge in [-0.3, -0.25) is 4.79 Å². The molecule has 1 aromatic rings. The first kappa shape index (κ1) is 12.6. The van der Waals surface area contributed by atoms with E-state index in [4.69, 9.17) is 11.6 Å². The maximum absolute atomic E-state index is 11.8. The molecule has 86 valence electrons. The number of nitrogens with zero attached hydrogens (tertiary/aromatic N) is 2. The molecule has 0 aliphatic carbocycles. The van der Waals surface area contributed by atoms with Gasteiger partial charge < -0.3 is 5.32 Å². The van der Waals surface area contributed by atoms with E-state index in [0.717, 1.165) is 0 Å². The highest BCUT2D eigenvalue weighted by molar-refractivity contribution is 6.32.